The Hall–Kier alpha value is -2.65. The lowest BCUT2D eigenvalue weighted by molar-refractivity contribution is 0.107. The monoisotopic (exact) mass is 306 g/mol. The number of hydrazone groups is 1. The molecule has 4 heteroatoms. The Bertz CT molecular complexity index is 924. The number of anilines is 1. The highest BCUT2D eigenvalue weighted by molar-refractivity contribution is 6.59. The van der Waals surface area contributed by atoms with Gasteiger partial charge in [0, 0.05) is 21.5 Å². The first-order valence-corrected chi connectivity index (χ1v) is 7.28. The summed E-state index contributed by atoms with van der Waals surface area (Å²) >= 11 is 5.86. The average molecular weight is 307 g/mol. The van der Waals surface area contributed by atoms with Crippen LogP contribution in [0.5, 0.6) is 0 Å². The van der Waals surface area contributed by atoms with Gasteiger partial charge in [-0.1, -0.05) is 48.0 Å². The van der Waals surface area contributed by atoms with Crippen molar-refractivity contribution in [1.29, 1.82) is 0 Å². The van der Waals surface area contributed by atoms with E-state index in [4.69, 9.17) is 11.6 Å². The zero-order valence-corrected chi connectivity index (χ0v) is 12.3. The summed E-state index contributed by atoms with van der Waals surface area (Å²) in [7, 11) is 0. The third-order valence-electron chi connectivity index (χ3n) is 3.76. The van der Waals surface area contributed by atoms with E-state index in [9.17, 15) is 4.79 Å². The summed E-state index contributed by atoms with van der Waals surface area (Å²) < 4.78 is 0. The molecular formula is C18H11ClN2O. The fourth-order valence-electron chi connectivity index (χ4n) is 2.73. The Balaban J connectivity index is 1.78. The molecule has 0 bridgehead atoms. The number of nitrogens with zero attached hydrogens (tertiary/aromatic N) is 1. The highest BCUT2D eigenvalue weighted by Gasteiger charge is 2.28. The lowest BCUT2D eigenvalue weighted by Gasteiger charge is -2.02. The summed E-state index contributed by atoms with van der Waals surface area (Å²) in [6.45, 7) is 0. The van der Waals surface area contributed by atoms with Gasteiger partial charge in [0.2, 0.25) is 5.78 Å². The van der Waals surface area contributed by atoms with Crippen molar-refractivity contribution < 1.29 is 4.79 Å². The van der Waals surface area contributed by atoms with E-state index in [1.54, 1.807) is 12.1 Å². The molecule has 0 amide bonds. The van der Waals surface area contributed by atoms with Gasteiger partial charge in [-0.15, -0.1) is 0 Å². The van der Waals surface area contributed by atoms with Crippen LogP contribution in [-0.2, 0) is 0 Å². The van der Waals surface area contributed by atoms with Crippen molar-refractivity contribution in [3.05, 3.63) is 76.8 Å². The van der Waals surface area contributed by atoms with Gasteiger partial charge >= 0.3 is 0 Å². The van der Waals surface area contributed by atoms with Crippen LogP contribution < -0.4 is 5.43 Å². The fourth-order valence-corrected chi connectivity index (χ4v) is 2.86. The fraction of sp³-hybridized carbons (Fsp3) is 0. The number of Topliss-reactive ketones (excluding diaryl/α,β-unsaturated/α-hetero) is 1. The largest absolute Gasteiger partial charge is 0.287 e. The van der Waals surface area contributed by atoms with Crippen LogP contribution in [0.1, 0.15) is 15.9 Å². The quantitative estimate of drug-likeness (QED) is 0.708. The minimum absolute atomic E-state index is 0.0479. The Labute approximate surface area is 132 Å². The van der Waals surface area contributed by atoms with Gasteiger partial charge in [0.25, 0.3) is 0 Å². The van der Waals surface area contributed by atoms with E-state index in [0.29, 0.717) is 16.3 Å². The number of hydrogen-bond donors (Lipinski definition) is 1. The van der Waals surface area contributed by atoms with Gasteiger partial charge in [0.05, 0.1) is 5.69 Å². The van der Waals surface area contributed by atoms with Crippen molar-refractivity contribution in [3.8, 4) is 0 Å². The number of carbonyl (C=O) groups excluding carboxylic acids is 1. The van der Waals surface area contributed by atoms with Crippen molar-refractivity contribution in [3.63, 3.8) is 0 Å². The molecule has 106 valence electrons. The number of hydrogen-bond acceptors (Lipinski definition) is 3. The molecule has 0 atom stereocenters. The van der Waals surface area contributed by atoms with Crippen LogP contribution in [0.15, 0.2) is 65.8 Å². The molecule has 3 aromatic carbocycles. The van der Waals surface area contributed by atoms with Gasteiger partial charge in [-0.3, -0.25) is 10.2 Å². The minimum atomic E-state index is -0.0479. The van der Waals surface area contributed by atoms with E-state index >= 15 is 0 Å². The molecule has 22 heavy (non-hydrogen) atoms. The summed E-state index contributed by atoms with van der Waals surface area (Å²) in [6.07, 6.45) is 0. The molecule has 0 aromatic heterocycles. The zero-order valence-electron chi connectivity index (χ0n) is 11.5. The smallest absolute Gasteiger partial charge is 0.214 e. The van der Waals surface area contributed by atoms with Gasteiger partial charge in [-0.2, -0.15) is 5.10 Å². The molecule has 4 rings (SSSR count). The maximum Gasteiger partial charge on any atom is 0.214 e. The van der Waals surface area contributed by atoms with Gasteiger partial charge in [0.1, 0.15) is 5.71 Å². The molecule has 1 N–H and O–H groups in total. The summed E-state index contributed by atoms with van der Waals surface area (Å²) in [4.78, 5) is 12.6. The molecule has 3 aromatic rings. The molecule has 0 saturated carbocycles. The van der Waals surface area contributed by atoms with Crippen molar-refractivity contribution in [2.45, 2.75) is 0 Å². The van der Waals surface area contributed by atoms with E-state index in [-0.39, 0.29) is 5.78 Å². The van der Waals surface area contributed by atoms with Crippen molar-refractivity contribution >= 4 is 39.6 Å². The SMILES string of the molecule is O=C1/C(=N/Nc2ccc(Cl)cc2)c2cccc3cccc1c23. The van der Waals surface area contributed by atoms with Crippen molar-refractivity contribution in [1.82, 2.24) is 0 Å². The maximum atomic E-state index is 12.6. The number of carbonyl (C=O) groups is 1. The molecule has 0 unspecified atom stereocenters. The number of nitrogens with one attached hydrogen (secondary N) is 1. The molecule has 0 spiro atoms. The Morgan fingerprint density at radius 2 is 1.55 bits per heavy atom. The Morgan fingerprint density at radius 1 is 0.864 bits per heavy atom. The minimum Gasteiger partial charge on any atom is -0.287 e. The average Bonchev–Trinajstić information content (AvgIpc) is 2.82. The molecule has 1 aliphatic rings. The standard InChI is InChI=1S/C18H11ClN2O/c19-12-7-9-13(10-8-12)20-21-17-14-5-1-3-11-4-2-6-15(16(11)14)18(17)22/h1-10,20H/b21-17+. The van der Waals surface area contributed by atoms with Crippen LogP contribution in [0.3, 0.4) is 0 Å². The Morgan fingerprint density at radius 3 is 2.27 bits per heavy atom. The molecule has 0 heterocycles. The van der Waals surface area contributed by atoms with E-state index in [1.807, 2.05) is 48.5 Å². The van der Waals surface area contributed by atoms with Gasteiger partial charge in [0.15, 0.2) is 0 Å². The first-order valence-electron chi connectivity index (χ1n) is 6.90. The van der Waals surface area contributed by atoms with Crippen LogP contribution in [0.4, 0.5) is 5.69 Å². The van der Waals surface area contributed by atoms with Crippen LogP contribution >= 0.6 is 11.6 Å². The predicted octanol–water partition coefficient (Wildman–Crippen LogP) is 4.51. The second kappa shape index (κ2) is 4.97. The van der Waals surface area contributed by atoms with E-state index in [2.05, 4.69) is 10.5 Å². The molecule has 1 aliphatic carbocycles. The summed E-state index contributed by atoms with van der Waals surface area (Å²) in [5.41, 5.74) is 5.75. The Kier molecular flexibility index (Phi) is 2.94. The number of ketones is 1. The lowest BCUT2D eigenvalue weighted by atomic mass is 10.1. The third-order valence-corrected chi connectivity index (χ3v) is 4.01. The van der Waals surface area contributed by atoms with E-state index < -0.39 is 0 Å². The van der Waals surface area contributed by atoms with Crippen molar-refractivity contribution in [2.75, 3.05) is 5.43 Å². The highest BCUT2D eigenvalue weighted by atomic mass is 35.5. The third kappa shape index (κ3) is 1.98. The lowest BCUT2D eigenvalue weighted by Crippen LogP contribution is -2.11. The van der Waals surface area contributed by atoms with Crippen LogP contribution in [-0.4, -0.2) is 11.5 Å². The molecular weight excluding hydrogens is 296 g/mol. The normalized spacial score (nSPS) is 14.8. The summed E-state index contributed by atoms with van der Waals surface area (Å²) in [5.74, 6) is -0.0479. The number of benzene rings is 3. The highest BCUT2D eigenvalue weighted by Crippen LogP contribution is 2.31. The van der Waals surface area contributed by atoms with Gasteiger partial charge < -0.3 is 0 Å². The summed E-state index contributed by atoms with van der Waals surface area (Å²) in [5, 5.41) is 7.01. The molecule has 3 nitrogen and oxygen atoms in total. The molecule has 0 saturated heterocycles. The maximum absolute atomic E-state index is 12.6. The second-order valence-electron chi connectivity index (χ2n) is 5.12. The predicted molar refractivity (Wildman–Crippen MR) is 89.9 cm³/mol. The van der Waals surface area contributed by atoms with Crippen LogP contribution in [0, 0.1) is 0 Å². The molecule has 0 radical (unpaired) electrons. The number of rotatable bonds is 2. The van der Waals surface area contributed by atoms with Crippen LogP contribution in [0.2, 0.25) is 5.02 Å². The zero-order chi connectivity index (χ0) is 15.1. The second-order valence-corrected chi connectivity index (χ2v) is 5.55. The van der Waals surface area contributed by atoms with E-state index in [0.717, 1.165) is 22.0 Å². The summed E-state index contributed by atoms with van der Waals surface area (Å²) in [6, 6.07) is 18.8. The molecule has 0 fully saturated rings. The van der Waals surface area contributed by atoms with Crippen molar-refractivity contribution in [2.24, 2.45) is 5.10 Å². The topological polar surface area (TPSA) is 41.5 Å². The molecule has 0 aliphatic heterocycles. The van der Waals surface area contributed by atoms with Crippen LogP contribution in [0.25, 0.3) is 10.8 Å². The first kappa shape index (κ1) is 13.0. The first-order chi connectivity index (χ1) is 10.7. The van der Waals surface area contributed by atoms with Gasteiger partial charge in [-0.25, -0.2) is 0 Å². The van der Waals surface area contributed by atoms with Gasteiger partial charge in [-0.05, 0) is 29.7 Å². The number of halogens is 1. The van der Waals surface area contributed by atoms with E-state index in [1.165, 1.54) is 0 Å².